The maximum atomic E-state index is 13.3. The predicted molar refractivity (Wildman–Crippen MR) is 122 cm³/mol. The quantitative estimate of drug-likeness (QED) is 0.757. The van der Waals surface area contributed by atoms with Crippen LogP contribution in [0.2, 0.25) is 5.02 Å². The molecule has 2 heterocycles. The molecular weight excluding hydrogens is 424 g/mol. The number of halogens is 3. The summed E-state index contributed by atoms with van der Waals surface area (Å²) in [6, 6.07) is 12.6. The number of nitrogens with one attached hydrogen (secondary N) is 1. The molecule has 30 heavy (non-hydrogen) atoms. The summed E-state index contributed by atoms with van der Waals surface area (Å²) in [7, 11) is 0. The Morgan fingerprint density at radius 3 is 2.50 bits per heavy atom. The first kappa shape index (κ1) is 22.9. The Morgan fingerprint density at radius 2 is 1.80 bits per heavy atom. The monoisotopic (exact) mass is 451 g/mol. The van der Waals surface area contributed by atoms with Gasteiger partial charge in [0.05, 0.1) is 5.92 Å². The van der Waals surface area contributed by atoms with E-state index in [0.29, 0.717) is 19.6 Å². The number of nitrogens with zero attached hydrogens (tertiary/aromatic N) is 2. The fourth-order valence-corrected chi connectivity index (χ4v) is 4.72. The van der Waals surface area contributed by atoms with Crippen molar-refractivity contribution in [1.29, 1.82) is 0 Å². The van der Waals surface area contributed by atoms with Crippen molar-refractivity contribution in [2.75, 3.05) is 44.2 Å². The van der Waals surface area contributed by atoms with E-state index in [1.165, 1.54) is 17.7 Å². The van der Waals surface area contributed by atoms with Gasteiger partial charge in [-0.3, -0.25) is 4.79 Å². The van der Waals surface area contributed by atoms with Crippen molar-refractivity contribution in [3.63, 3.8) is 0 Å². The molecule has 0 aliphatic carbocycles. The summed E-state index contributed by atoms with van der Waals surface area (Å²) in [5, 5.41) is 4.10. The lowest BCUT2D eigenvalue weighted by Gasteiger charge is -2.40. The van der Waals surface area contributed by atoms with Gasteiger partial charge in [0.1, 0.15) is 5.82 Å². The third kappa shape index (κ3) is 4.90. The molecule has 2 aliphatic heterocycles. The first-order valence-corrected chi connectivity index (χ1v) is 10.7. The Kier molecular flexibility index (Phi) is 7.61. The number of piperidine rings is 1. The van der Waals surface area contributed by atoms with Crippen molar-refractivity contribution in [2.24, 2.45) is 5.92 Å². The molecule has 2 aliphatic rings. The highest BCUT2D eigenvalue weighted by Crippen LogP contribution is 2.32. The van der Waals surface area contributed by atoms with E-state index in [0.717, 1.165) is 42.3 Å². The van der Waals surface area contributed by atoms with Crippen molar-refractivity contribution in [3.8, 4) is 0 Å². The van der Waals surface area contributed by atoms with Crippen LogP contribution >= 0.6 is 24.0 Å². The van der Waals surface area contributed by atoms with Gasteiger partial charge in [-0.05, 0) is 61.2 Å². The van der Waals surface area contributed by atoms with Crippen LogP contribution in [-0.4, -0.2) is 50.1 Å². The molecule has 2 saturated heterocycles. The third-order valence-corrected chi connectivity index (χ3v) is 6.44. The Labute approximate surface area is 188 Å². The summed E-state index contributed by atoms with van der Waals surface area (Å²) in [6.45, 7) is 6.66. The molecule has 162 valence electrons. The molecule has 0 aromatic heterocycles. The average molecular weight is 452 g/mol. The van der Waals surface area contributed by atoms with Gasteiger partial charge in [-0.1, -0.05) is 29.8 Å². The summed E-state index contributed by atoms with van der Waals surface area (Å²) in [5.74, 6) is -0.00166. The van der Waals surface area contributed by atoms with Crippen LogP contribution in [0.15, 0.2) is 42.5 Å². The molecule has 4 rings (SSSR count). The number of amides is 1. The van der Waals surface area contributed by atoms with Gasteiger partial charge < -0.3 is 15.1 Å². The maximum absolute atomic E-state index is 13.3. The minimum atomic E-state index is -0.238. The standard InChI is InChI=1S/C23H27ClFN3O.ClH/c1-16-2-5-18(24)14-22(16)27-10-12-28(13-11-27)23(29)21-15-26-9-8-20(21)17-3-6-19(25)7-4-17;/h2-7,14,20-21,26H,8-13,15H2,1H3;1H/t20-,21+;/m0./s1. The fourth-order valence-electron chi connectivity index (χ4n) is 4.55. The van der Waals surface area contributed by atoms with Crippen LogP contribution in [0.3, 0.4) is 0 Å². The summed E-state index contributed by atoms with van der Waals surface area (Å²) in [6.07, 6.45) is 0.893. The van der Waals surface area contributed by atoms with Gasteiger partial charge >= 0.3 is 0 Å². The van der Waals surface area contributed by atoms with Crippen LogP contribution in [0.4, 0.5) is 10.1 Å². The van der Waals surface area contributed by atoms with Crippen molar-refractivity contribution < 1.29 is 9.18 Å². The lowest BCUT2D eigenvalue weighted by Crippen LogP contribution is -2.53. The van der Waals surface area contributed by atoms with E-state index in [2.05, 4.69) is 17.1 Å². The SMILES string of the molecule is Cc1ccc(Cl)cc1N1CCN(C(=O)[C@@H]2CNCC[C@H]2c2ccc(F)cc2)CC1.Cl. The molecule has 1 amide bonds. The summed E-state index contributed by atoms with van der Waals surface area (Å²) in [5.41, 5.74) is 3.40. The van der Waals surface area contributed by atoms with Gasteiger partial charge in [0.15, 0.2) is 0 Å². The van der Waals surface area contributed by atoms with Crippen molar-refractivity contribution >= 4 is 35.6 Å². The van der Waals surface area contributed by atoms with Crippen LogP contribution in [-0.2, 0) is 4.79 Å². The van der Waals surface area contributed by atoms with E-state index in [1.54, 1.807) is 0 Å². The zero-order chi connectivity index (χ0) is 20.4. The number of benzene rings is 2. The number of carbonyl (C=O) groups is 1. The van der Waals surface area contributed by atoms with Crippen LogP contribution < -0.4 is 10.2 Å². The average Bonchev–Trinajstić information content (AvgIpc) is 2.76. The van der Waals surface area contributed by atoms with Crippen LogP contribution in [0.25, 0.3) is 0 Å². The van der Waals surface area contributed by atoms with Crippen LogP contribution in [0.1, 0.15) is 23.5 Å². The third-order valence-electron chi connectivity index (χ3n) is 6.20. The van der Waals surface area contributed by atoms with E-state index in [1.807, 2.05) is 35.2 Å². The molecule has 0 radical (unpaired) electrons. The van der Waals surface area contributed by atoms with Gasteiger partial charge in [0.2, 0.25) is 5.91 Å². The van der Waals surface area contributed by atoms with E-state index in [4.69, 9.17) is 11.6 Å². The van der Waals surface area contributed by atoms with Crippen molar-refractivity contribution in [3.05, 3.63) is 64.4 Å². The molecule has 2 aromatic carbocycles. The first-order valence-electron chi connectivity index (χ1n) is 10.3. The molecule has 2 atom stereocenters. The molecule has 0 bridgehead atoms. The van der Waals surface area contributed by atoms with Crippen molar-refractivity contribution in [2.45, 2.75) is 19.3 Å². The second kappa shape index (κ2) is 9.99. The molecule has 4 nitrogen and oxygen atoms in total. The maximum Gasteiger partial charge on any atom is 0.227 e. The van der Waals surface area contributed by atoms with E-state index >= 15 is 0 Å². The zero-order valence-corrected chi connectivity index (χ0v) is 18.7. The Balaban J connectivity index is 0.00000256. The number of hydrogen-bond acceptors (Lipinski definition) is 3. The first-order chi connectivity index (χ1) is 14.0. The lowest BCUT2D eigenvalue weighted by atomic mass is 9.80. The number of rotatable bonds is 3. The fraction of sp³-hybridized carbons (Fsp3) is 0.435. The number of anilines is 1. The normalized spacial score (nSPS) is 21.8. The molecule has 2 fully saturated rings. The molecule has 7 heteroatoms. The summed E-state index contributed by atoms with van der Waals surface area (Å²) >= 11 is 6.18. The molecule has 0 spiro atoms. The Bertz CT molecular complexity index is 869. The smallest absolute Gasteiger partial charge is 0.227 e. The second-order valence-corrected chi connectivity index (χ2v) is 8.44. The summed E-state index contributed by atoms with van der Waals surface area (Å²) < 4.78 is 13.3. The van der Waals surface area contributed by atoms with Gasteiger partial charge in [-0.15, -0.1) is 12.4 Å². The Hall–Kier alpha value is -1.82. The lowest BCUT2D eigenvalue weighted by molar-refractivity contribution is -0.137. The van der Waals surface area contributed by atoms with E-state index in [-0.39, 0.29) is 36.0 Å². The number of carbonyl (C=O) groups excluding carboxylic acids is 1. The van der Waals surface area contributed by atoms with Gasteiger partial charge in [-0.2, -0.15) is 0 Å². The number of piperazine rings is 1. The summed E-state index contributed by atoms with van der Waals surface area (Å²) in [4.78, 5) is 17.6. The van der Waals surface area contributed by atoms with Gasteiger partial charge in [0, 0.05) is 43.4 Å². The topological polar surface area (TPSA) is 35.6 Å². The van der Waals surface area contributed by atoms with Crippen LogP contribution in [0, 0.1) is 18.7 Å². The predicted octanol–water partition coefficient (Wildman–Crippen LogP) is 4.25. The molecule has 2 aromatic rings. The Morgan fingerprint density at radius 1 is 1.10 bits per heavy atom. The van der Waals surface area contributed by atoms with E-state index in [9.17, 15) is 9.18 Å². The molecule has 0 saturated carbocycles. The minimum Gasteiger partial charge on any atom is -0.368 e. The van der Waals surface area contributed by atoms with E-state index < -0.39 is 0 Å². The molecular formula is C23H28Cl2FN3O. The van der Waals surface area contributed by atoms with Gasteiger partial charge in [0.25, 0.3) is 0 Å². The number of aryl methyl sites for hydroxylation is 1. The van der Waals surface area contributed by atoms with Crippen molar-refractivity contribution in [1.82, 2.24) is 10.2 Å². The second-order valence-electron chi connectivity index (χ2n) is 8.00. The highest BCUT2D eigenvalue weighted by atomic mass is 35.5. The highest BCUT2D eigenvalue weighted by Gasteiger charge is 2.35. The minimum absolute atomic E-state index is 0. The largest absolute Gasteiger partial charge is 0.368 e. The molecule has 1 N–H and O–H groups in total. The molecule has 0 unspecified atom stereocenters. The highest BCUT2D eigenvalue weighted by molar-refractivity contribution is 6.30. The number of hydrogen-bond donors (Lipinski definition) is 1. The van der Waals surface area contributed by atoms with Crippen LogP contribution in [0.5, 0.6) is 0 Å². The zero-order valence-electron chi connectivity index (χ0n) is 17.1. The van der Waals surface area contributed by atoms with Gasteiger partial charge in [-0.25, -0.2) is 4.39 Å².